The number of amides is 3. The third-order valence-corrected chi connectivity index (χ3v) is 4.21. The number of aromatic nitrogens is 1. The fraction of sp³-hybridized carbons (Fsp3) is 0.105. The third-order valence-electron chi connectivity index (χ3n) is 3.57. The molecular formula is C19H16F2N4O3S. The molecule has 0 unspecified atom stereocenters. The van der Waals surface area contributed by atoms with E-state index in [1.807, 2.05) is 5.38 Å². The number of thiazole rings is 1. The van der Waals surface area contributed by atoms with E-state index in [0.29, 0.717) is 18.0 Å². The molecule has 0 atom stereocenters. The number of carbonyl (C=O) groups excluding carboxylic acids is 2. The predicted octanol–water partition coefficient (Wildman–Crippen LogP) is 3.76. The van der Waals surface area contributed by atoms with E-state index in [4.69, 9.17) is 4.74 Å². The van der Waals surface area contributed by atoms with Crippen LogP contribution in [-0.2, 0) is 11.4 Å². The largest absolute Gasteiger partial charge is 0.487 e. The summed E-state index contributed by atoms with van der Waals surface area (Å²) in [4.78, 5) is 27.9. The van der Waals surface area contributed by atoms with Crippen molar-refractivity contribution in [3.05, 3.63) is 70.7 Å². The van der Waals surface area contributed by atoms with Gasteiger partial charge in [0.1, 0.15) is 12.4 Å². The summed E-state index contributed by atoms with van der Waals surface area (Å²) in [5.41, 5.74) is 3.07. The van der Waals surface area contributed by atoms with E-state index in [1.54, 1.807) is 29.8 Å². The molecule has 10 heteroatoms. The topological polar surface area (TPSA) is 92.4 Å². The van der Waals surface area contributed by atoms with Gasteiger partial charge in [0.05, 0.1) is 17.7 Å². The molecule has 1 heterocycles. The summed E-state index contributed by atoms with van der Waals surface area (Å²) in [5.74, 6) is -2.14. The SMILES string of the molecule is O=C(CNC(=O)Nc1cccc(OCc2cscn2)c1)Nc1ccc(F)c(F)c1. The van der Waals surface area contributed by atoms with Gasteiger partial charge in [-0.1, -0.05) is 6.07 Å². The van der Waals surface area contributed by atoms with Crippen LogP contribution in [0.2, 0.25) is 0 Å². The van der Waals surface area contributed by atoms with Gasteiger partial charge in [0.15, 0.2) is 11.6 Å². The minimum atomic E-state index is -1.08. The summed E-state index contributed by atoms with van der Waals surface area (Å²) in [6.07, 6.45) is 0. The number of halogens is 2. The minimum Gasteiger partial charge on any atom is -0.487 e. The number of benzene rings is 2. The second-order valence-electron chi connectivity index (χ2n) is 5.78. The molecule has 0 saturated carbocycles. The van der Waals surface area contributed by atoms with Crippen LogP contribution in [0, 0.1) is 11.6 Å². The Kier molecular flexibility index (Phi) is 6.69. The smallest absolute Gasteiger partial charge is 0.319 e. The van der Waals surface area contributed by atoms with Crippen molar-refractivity contribution in [3.63, 3.8) is 0 Å². The number of ether oxygens (including phenoxy) is 1. The first kappa shape index (κ1) is 20.2. The van der Waals surface area contributed by atoms with E-state index in [-0.39, 0.29) is 12.2 Å². The Morgan fingerprint density at radius 2 is 1.86 bits per heavy atom. The number of anilines is 2. The molecule has 0 aliphatic heterocycles. The van der Waals surface area contributed by atoms with E-state index in [2.05, 4.69) is 20.9 Å². The highest BCUT2D eigenvalue weighted by molar-refractivity contribution is 7.07. The monoisotopic (exact) mass is 418 g/mol. The summed E-state index contributed by atoms with van der Waals surface area (Å²) >= 11 is 1.47. The molecule has 0 spiro atoms. The molecule has 0 radical (unpaired) electrons. The van der Waals surface area contributed by atoms with Crippen LogP contribution in [0.1, 0.15) is 5.69 Å². The van der Waals surface area contributed by atoms with Gasteiger partial charge in [0.25, 0.3) is 0 Å². The highest BCUT2D eigenvalue weighted by Gasteiger charge is 2.09. The molecule has 0 bridgehead atoms. The lowest BCUT2D eigenvalue weighted by molar-refractivity contribution is -0.115. The van der Waals surface area contributed by atoms with Crippen LogP contribution in [-0.4, -0.2) is 23.5 Å². The number of hydrogen-bond acceptors (Lipinski definition) is 5. The first-order chi connectivity index (χ1) is 14.0. The molecule has 3 amide bonds. The minimum absolute atomic E-state index is 0.0843. The Labute approximate surface area is 168 Å². The zero-order chi connectivity index (χ0) is 20.6. The Hall–Kier alpha value is -3.53. The van der Waals surface area contributed by atoms with Crippen molar-refractivity contribution in [1.29, 1.82) is 0 Å². The second-order valence-corrected chi connectivity index (χ2v) is 6.50. The standard InChI is InChI=1S/C19H16F2N4O3S/c20-16-5-4-13(7-17(16)21)24-18(26)8-22-19(27)25-12-2-1-3-15(6-12)28-9-14-10-29-11-23-14/h1-7,10-11H,8-9H2,(H,24,26)(H2,22,25,27). The van der Waals surface area contributed by atoms with E-state index in [1.165, 1.54) is 17.4 Å². The van der Waals surface area contributed by atoms with Crippen molar-refractivity contribution >= 4 is 34.6 Å². The summed E-state index contributed by atoms with van der Waals surface area (Å²) in [7, 11) is 0. The quantitative estimate of drug-likeness (QED) is 0.545. The fourth-order valence-corrected chi connectivity index (χ4v) is 2.79. The number of urea groups is 1. The molecule has 0 fully saturated rings. The predicted molar refractivity (Wildman–Crippen MR) is 105 cm³/mol. The van der Waals surface area contributed by atoms with E-state index in [9.17, 15) is 18.4 Å². The number of nitrogens with zero attached hydrogens (tertiary/aromatic N) is 1. The summed E-state index contributed by atoms with van der Waals surface area (Å²) in [5, 5.41) is 9.18. The number of rotatable bonds is 7. The van der Waals surface area contributed by atoms with Gasteiger partial charge in [-0.05, 0) is 24.3 Å². The summed E-state index contributed by atoms with van der Waals surface area (Å²) in [6.45, 7) is -0.0475. The lowest BCUT2D eigenvalue weighted by Crippen LogP contribution is -2.35. The lowest BCUT2D eigenvalue weighted by Gasteiger charge is -2.10. The van der Waals surface area contributed by atoms with Crippen LogP contribution < -0.4 is 20.7 Å². The fourth-order valence-electron chi connectivity index (χ4n) is 2.24. The van der Waals surface area contributed by atoms with E-state index >= 15 is 0 Å². The molecule has 0 saturated heterocycles. The lowest BCUT2D eigenvalue weighted by atomic mass is 10.3. The first-order valence-electron chi connectivity index (χ1n) is 8.39. The van der Waals surface area contributed by atoms with Gasteiger partial charge in [-0.25, -0.2) is 18.6 Å². The Bertz CT molecular complexity index is 999. The maximum atomic E-state index is 13.1. The van der Waals surface area contributed by atoms with Crippen molar-refractivity contribution in [3.8, 4) is 5.75 Å². The van der Waals surface area contributed by atoms with Crippen molar-refractivity contribution in [1.82, 2.24) is 10.3 Å². The van der Waals surface area contributed by atoms with Crippen molar-refractivity contribution in [2.45, 2.75) is 6.61 Å². The molecule has 3 rings (SSSR count). The average molecular weight is 418 g/mol. The van der Waals surface area contributed by atoms with Crippen LogP contribution in [0.25, 0.3) is 0 Å². The maximum absolute atomic E-state index is 13.1. The number of hydrogen-bond donors (Lipinski definition) is 3. The van der Waals surface area contributed by atoms with Crippen molar-refractivity contribution < 1.29 is 23.1 Å². The van der Waals surface area contributed by atoms with Gasteiger partial charge < -0.3 is 20.7 Å². The van der Waals surface area contributed by atoms with Crippen molar-refractivity contribution in [2.24, 2.45) is 0 Å². The molecule has 0 aliphatic rings. The molecule has 2 aromatic carbocycles. The molecule has 0 aliphatic carbocycles. The zero-order valence-corrected chi connectivity index (χ0v) is 15.8. The normalized spacial score (nSPS) is 10.3. The number of nitrogens with one attached hydrogen (secondary N) is 3. The second kappa shape index (κ2) is 9.60. The van der Waals surface area contributed by atoms with Crippen LogP contribution in [0.3, 0.4) is 0 Å². The zero-order valence-electron chi connectivity index (χ0n) is 14.9. The Balaban J connectivity index is 1.45. The highest BCUT2D eigenvalue weighted by atomic mass is 32.1. The van der Waals surface area contributed by atoms with Gasteiger partial charge >= 0.3 is 6.03 Å². The van der Waals surface area contributed by atoms with E-state index < -0.39 is 23.6 Å². The van der Waals surface area contributed by atoms with E-state index in [0.717, 1.165) is 17.8 Å². The summed E-state index contributed by atoms with van der Waals surface area (Å²) in [6, 6.07) is 9.10. The van der Waals surface area contributed by atoms with Gasteiger partial charge in [0.2, 0.25) is 5.91 Å². The maximum Gasteiger partial charge on any atom is 0.319 e. The van der Waals surface area contributed by atoms with Crippen LogP contribution >= 0.6 is 11.3 Å². The molecule has 150 valence electrons. The average Bonchev–Trinajstić information content (AvgIpc) is 3.22. The molecule has 3 N–H and O–H groups in total. The first-order valence-corrected chi connectivity index (χ1v) is 9.33. The molecule has 7 nitrogen and oxygen atoms in total. The number of carbonyl (C=O) groups is 2. The van der Waals surface area contributed by atoms with Gasteiger partial charge in [-0.2, -0.15) is 0 Å². The Morgan fingerprint density at radius 3 is 2.62 bits per heavy atom. The third kappa shape index (κ3) is 6.25. The Morgan fingerprint density at radius 1 is 1.03 bits per heavy atom. The van der Waals surface area contributed by atoms with Gasteiger partial charge in [-0.3, -0.25) is 4.79 Å². The van der Waals surface area contributed by atoms with Gasteiger partial charge in [0, 0.05) is 28.9 Å². The van der Waals surface area contributed by atoms with Crippen LogP contribution in [0.4, 0.5) is 25.0 Å². The molecule has 3 aromatic rings. The molecule has 29 heavy (non-hydrogen) atoms. The van der Waals surface area contributed by atoms with Crippen LogP contribution in [0.15, 0.2) is 53.4 Å². The highest BCUT2D eigenvalue weighted by Crippen LogP contribution is 2.18. The van der Waals surface area contributed by atoms with Crippen LogP contribution in [0.5, 0.6) is 5.75 Å². The van der Waals surface area contributed by atoms with Gasteiger partial charge in [-0.15, -0.1) is 11.3 Å². The molecule has 1 aromatic heterocycles. The summed E-state index contributed by atoms with van der Waals surface area (Å²) < 4.78 is 31.6. The molecular weight excluding hydrogens is 402 g/mol. The van der Waals surface area contributed by atoms with Crippen molar-refractivity contribution in [2.75, 3.05) is 17.2 Å².